The normalized spacial score (nSPS) is 14.2. The molecule has 0 aromatic heterocycles. The molecule has 2 atom stereocenters. The molecule has 0 radical (unpaired) electrons. The Morgan fingerprint density at radius 1 is 0.646 bits per heavy atom. The molecule has 0 heterocycles. The van der Waals surface area contributed by atoms with Crippen LogP contribution in [0.4, 0.5) is 0 Å². The van der Waals surface area contributed by atoms with Crippen molar-refractivity contribution in [2.24, 2.45) is 5.73 Å². The lowest BCUT2D eigenvalue weighted by molar-refractivity contribution is -0.161. The number of hydrogen-bond donors (Lipinski definition) is 2. The predicted octanol–water partition coefficient (Wildman–Crippen LogP) is 9.77. The zero-order chi connectivity index (χ0) is 35.4. The summed E-state index contributed by atoms with van der Waals surface area (Å²) in [6.45, 7) is 3.50. The summed E-state index contributed by atoms with van der Waals surface area (Å²) in [4.78, 5) is 34.6. The molecule has 0 aliphatic heterocycles. The first-order valence-electron chi connectivity index (χ1n) is 18.3. The van der Waals surface area contributed by atoms with E-state index < -0.39 is 32.5 Å². The molecule has 276 valence electrons. The maximum absolute atomic E-state index is 12.5. The summed E-state index contributed by atoms with van der Waals surface area (Å²) in [5, 5.41) is 0. The summed E-state index contributed by atoms with van der Waals surface area (Å²) in [6.07, 6.45) is 38.3. The van der Waals surface area contributed by atoms with Gasteiger partial charge in [0.05, 0.1) is 13.2 Å². The maximum atomic E-state index is 12.5. The third kappa shape index (κ3) is 33.6. The highest BCUT2D eigenvalue weighted by molar-refractivity contribution is 7.47. The van der Waals surface area contributed by atoms with Crippen molar-refractivity contribution in [1.82, 2.24) is 0 Å². The van der Waals surface area contributed by atoms with Crippen LogP contribution < -0.4 is 5.73 Å². The molecular formula is C38H66NO8P. The van der Waals surface area contributed by atoms with Crippen molar-refractivity contribution < 1.29 is 37.6 Å². The molecule has 0 bridgehead atoms. The van der Waals surface area contributed by atoms with Gasteiger partial charge >= 0.3 is 19.8 Å². The highest BCUT2D eigenvalue weighted by Gasteiger charge is 2.25. The molecule has 3 N–H and O–H groups in total. The molecule has 0 rings (SSSR count). The zero-order valence-corrected chi connectivity index (χ0v) is 30.8. The lowest BCUT2D eigenvalue weighted by atomic mass is 10.1. The quantitative estimate of drug-likeness (QED) is 0.0298. The molecule has 9 nitrogen and oxygen atoms in total. The van der Waals surface area contributed by atoms with Crippen molar-refractivity contribution in [3.05, 3.63) is 60.8 Å². The van der Waals surface area contributed by atoms with Gasteiger partial charge in [0.15, 0.2) is 6.10 Å². The zero-order valence-electron chi connectivity index (χ0n) is 29.9. The number of unbranched alkanes of at least 4 members (excludes halogenated alkanes) is 10. The van der Waals surface area contributed by atoms with Gasteiger partial charge in [-0.3, -0.25) is 18.6 Å². The Morgan fingerprint density at radius 2 is 1.15 bits per heavy atom. The highest BCUT2D eigenvalue weighted by Crippen LogP contribution is 2.43. The Balaban J connectivity index is 4.37. The molecule has 0 aromatic carbocycles. The lowest BCUT2D eigenvalue weighted by Crippen LogP contribution is -2.29. The molecule has 1 unspecified atom stereocenters. The number of carbonyl (C=O) groups is 2. The second kappa shape index (κ2) is 34.6. The number of carbonyl (C=O) groups excluding carboxylic acids is 2. The number of phosphoric ester groups is 1. The molecule has 0 saturated carbocycles. The number of hydrogen-bond acceptors (Lipinski definition) is 8. The highest BCUT2D eigenvalue weighted by atomic mass is 31.2. The Labute approximate surface area is 291 Å². The van der Waals surface area contributed by atoms with Crippen LogP contribution in [0.15, 0.2) is 60.8 Å². The summed E-state index contributed by atoms with van der Waals surface area (Å²) in [5.74, 6) is -0.905. The molecule has 10 heteroatoms. The van der Waals surface area contributed by atoms with Crippen molar-refractivity contribution in [2.75, 3.05) is 26.4 Å². The Hall–Kier alpha value is -2.29. The van der Waals surface area contributed by atoms with Crippen molar-refractivity contribution >= 4 is 19.8 Å². The van der Waals surface area contributed by atoms with Crippen LogP contribution in [0.1, 0.15) is 136 Å². The molecule has 0 aliphatic rings. The molecule has 0 saturated heterocycles. The minimum absolute atomic E-state index is 0.0424. The van der Waals surface area contributed by atoms with Crippen LogP contribution in [0.5, 0.6) is 0 Å². The van der Waals surface area contributed by atoms with Gasteiger partial charge in [0.25, 0.3) is 0 Å². The summed E-state index contributed by atoms with van der Waals surface area (Å²) in [7, 11) is -4.38. The molecule has 0 aliphatic carbocycles. The van der Waals surface area contributed by atoms with Gasteiger partial charge in [-0.25, -0.2) is 4.57 Å². The summed E-state index contributed by atoms with van der Waals surface area (Å²) < 4.78 is 32.5. The van der Waals surface area contributed by atoms with Gasteiger partial charge in [-0.05, 0) is 51.4 Å². The van der Waals surface area contributed by atoms with E-state index in [2.05, 4.69) is 68.5 Å². The number of nitrogens with two attached hydrogens (primary N) is 1. The number of ether oxygens (including phenoxy) is 2. The largest absolute Gasteiger partial charge is 0.472 e. The molecule has 48 heavy (non-hydrogen) atoms. The minimum atomic E-state index is -4.38. The predicted molar refractivity (Wildman–Crippen MR) is 196 cm³/mol. The van der Waals surface area contributed by atoms with Gasteiger partial charge in [0, 0.05) is 19.4 Å². The molecular weight excluding hydrogens is 629 g/mol. The van der Waals surface area contributed by atoms with Gasteiger partial charge in [-0.1, -0.05) is 132 Å². The third-order valence-corrected chi connectivity index (χ3v) is 8.15. The van der Waals surface area contributed by atoms with Crippen LogP contribution in [0, 0.1) is 0 Å². The smallest absolute Gasteiger partial charge is 0.462 e. The van der Waals surface area contributed by atoms with Crippen LogP contribution in [0.2, 0.25) is 0 Å². The Bertz CT molecular complexity index is 976. The number of allylic oxidation sites excluding steroid dienone is 10. The van der Waals surface area contributed by atoms with Crippen molar-refractivity contribution in [1.29, 1.82) is 0 Å². The first-order valence-corrected chi connectivity index (χ1v) is 19.8. The van der Waals surface area contributed by atoms with Gasteiger partial charge in [-0.15, -0.1) is 0 Å². The van der Waals surface area contributed by atoms with Gasteiger partial charge < -0.3 is 20.1 Å². The van der Waals surface area contributed by atoms with E-state index in [-0.39, 0.29) is 32.6 Å². The molecule has 0 fully saturated rings. The Kier molecular flexibility index (Phi) is 32.9. The summed E-state index contributed by atoms with van der Waals surface area (Å²) in [5.41, 5.74) is 5.32. The van der Waals surface area contributed by atoms with Crippen LogP contribution in [0.3, 0.4) is 0 Å². The average molecular weight is 696 g/mol. The summed E-state index contributed by atoms with van der Waals surface area (Å²) >= 11 is 0. The van der Waals surface area contributed by atoms with Gasteiger partial charge in [-0.2, -0.15) is 0 Å². The number of esters is 2. The maximum Gasteiger partial charge on any atom is 0.472 e. The monoisotopic (exact) mass is 695 g/mol. The SMILES string of the molecule is CC/C=C\C/C=C\C/C=C\C/C=C\C/C=C\CCCC(=O)O[C@H](COC(=O)CCCCCCCCCCCC)COP(=O)(O)OCCN. The minimum Gasteiger partial charge on any atom is -0.462 e. The average Bonchev–Trinajstić information content (AvgIpc) is 3.07. The molecule has 0 aromatic rings. The Morgan fingerprint density at radius 3 is 1.69 bits per heavy atom. The first kappa shape index (κ1) is 45.7. The van der Waals surface area contributed by atoms with E-state index in [1.807, 2.05) is 6.08 Å². The van der Waals surface area contributed by atoms with Crippen LogP contribution in [0.25, 0.3) is 0 Å². The molecule has 0 spiro atoms. The van der Waals surface area contributed by atoms with Crippen molar-refractivity contribution in [3.63, 3.8) is 0 Å². The van der Waals surface area contributed by atoms with E-state index in [1.165, 1.54) is 44.9 Å². The first-order chi connectivity index (χ1) is 23.3. The van der Waals surface area contributed by atoms with Gasteiger partial charge in [0.1, 0.15) is 6.61 Å². The number of rotatable bonds is 33. The fraction of sp³-hybridized carbons (Fsp3) is 0.684. The van der Waals surface area contributed by atoms with Crippen molar-refractivity contribution in [3.8, 4) is 0 Å². The fourth-order valence-electron chi connectivity index (χ4n) is 4.49. The van der Waals surface area contributed by atoms with Crippen LogP contribution >= 0.6 is 7.82 Å². The van der Waals surface area contributed by atoms with E-state index in [0.29, 0.717) is 12.8 Å². The van der Waals surface area contributed by atoms with Crippen LogP contribution in [-0.2, 0) is 32.7 Å². The molecule has 0 amide bonds. The van der Waals surface area contributed by atoms with Crippen LogP contribution in [-0.4, -0.2) is 49.3 Å². The van der Waals surface area contributed by atoms with E-state index in [4.69, 9.17) is 24.3 Å². The van der Waals surface area contributed by atoms with Gasteiger partial charge in [0.2, 0.25) is 0 Å². The standard InChI is InChI=1S/C38H66NO8P/c1-3-5-7-9-11-13-15-16-17-18-19-20-21-23-25-27-29-31-38(41)47-36(35-46-48(42,43)45-33-32-39)34-44-37(40)30-28-26-24-22-14-12-10-8-6-4-2/h5,7,11,13,16-17,19-20,23,25,36H,3-4,6,8-10,12,14-15,18,21-22,24,26-35,39H2,1-2H3,(H,42,43)/b7-5-,13-11-,17-16-,20-19-,25-23-/t36-/m1/s1. The second-order valence-electron chi connectivity index (χ2n) is 11.7. The summed E-state index contributed by atoms with van der Waals surface area (Å²) in [6, 6.07) is 0. The second-order valence-corrected chi connectivity index (χ2v) is 13.2. The van der Waals surface area contributed by atoms with E-state index >= 15 is 0 Å². The van der Waals surface area contributed by atoms with E-state index in [1.54, 1.807) is 0 Å². The lowest BCUT2D eigenvalue weighted by Gasteiger charge is -2.19. The number of phosphoric acid groups is 1. The van der Waals surface area contributed by atoms with E-state index in [9.17, 15) is 19.0 Å². The fourth-order valence-corrected chi connectivity index (χ4v) is 5.26. The third-order valence-electron chi connectivity index (χ3n) is 7.17. The topological polar surface area (TPSA) is 134 Å². The van der Waals surface area contributed by atoms with Crippen molar-refractivity contribution in [2.45, 2.75) is 142 Å². The van der Waals surface area contributed by atoms with E-state index in [0.717, 1.165) is 51.4 Å².